The molecule has 5 atom stereocenters. The third-order valence-electron chi connectivity index (χ3n) is 8.04. The lowest BCUT2D eigenvalue weighted by molar-refractivity contribution is -0.127. The van der Waals surface area contributed by atoms with Crippen molar-refractivity contribution >= 4 is 28.5 Å². The van der Waals surface area contributed by atoms with E-state index < -0.39 is 35.5 Å². The Morgan fingerprint density at radius 3 is 2.76 bits per heavy atom. The van der Waals surface area contributed by atoms with E-state index in [1.807, 2.05) is 13.8 Å². The highest BCUT2D eigenvalue weighted by Gasteiger charge is 2.69. The number of nitrogens with zero attached hydrogens (tertiary/aromatic N) is 2. The van der Waals surface area contributed by atoms with Crippen molar-refractivity contribution in [2.45, 2.75) is 51.6 Å². The molecule has 7 nitrogen and oxygen atoms in total. The zero-order valence-electron chi connectivity index (χ0n) is 19.0. The number of carbonyl (C=O) groups excluding carboxylic acids is 3. The molecule has 2 aromatic rings. The lowest BCUT2D eigenvalue weighted by atomic mass is 9.96. The van der Waals surface area contributed by atoms with Gasteiger partial charge in [-0.2, -0.15) is 5.26 Å². The number of ketones is 1. The van der Waals surface area contributed by atoms with Gasteiger partial charge in [-0.05, 0) is 48.6 Å². The van der Waals surface area contributed by atoms with Gasteiger partial charge in [0.05, 0.1) is 11.6 Å². The fourth-order valence-corrected chi connectivity index (χ4v) is 6.05. The number of nitriles is 1. The fraction of sp³-hybridized carbons (Fsp3) is 0.520. The van der Waals surface area contributed by atoms with Gasteiger partial charge in [0.2, 0.25) is 5.91 Å². The molecule has 1 unspecified atom stereocenters. The van der Waals surface area contributed by atoms with E-state index in [0.717, 1.165) is 25.0 Å². The highest BCUT2D eigenvalue weighted by molar-refractivity contribution is 6.01. The summed E-state index contributed by atoms with van der Waals surface area (Å²) in [6.07, 6.45) is 2.30. The summed E-state index contributed by atoms with van der Waals surface area (Å²) in [7, 11) is 0. The van der Waals surface area contributed by atoms with Crippen molar-refractivity contribution in [2.24, 2.45) is 23.2 Å². The number of amides is 2. The van der Waals surface area contributed by atoms with Gasteiger partial charge in [-0.25, -0.2) is 8.78 Å². The number of rotatable bonds is 5. The predicted molar refractivity (Wildman–Crippen MR) is 118 cm³/mol. The molecule has 2 saturated carbocycles. The summed E-state index contributed by atoms with van der Waals surface area (Å²) >= 11 is 0. The van der Waals surface area contributed by atoms with Crippen molar-refractivity contribution in [1.82, 2.24) is 15.2 Å². The lowest BCUT2D eigenvalue weighted by Gasteiger charge is -2.30. The average molecular weight is 469 g/mol. The zero-order chi connectivity index (χ0) is 24.4. The largest absolute Gasteiger partial charge is 0.348 e. The first-order valence-corrected chi connectivity index (χ1v) is 11.6. The van der Waals surface area contributed by atoms with Crippen LogP contribution in [-0.2, 0) is 9.59 Å². The van der Waals surface area contributed by atoms with Crippen LogP contribution in [0.3, 0.4) is 0 Å². The molecular formula is C25H26F2N4O3. The molecule has 1 aromatic carbocycles. The van der Waals surface area contributed by atoms with E-state index >= 15 is 0 Å². The maximum Gasteiger partial charge on any atom is 0.271 e. The molecule has 34 heavy (non-hydrogen) atoms. The molecule has 1 aliphatic heterocycles. The van der Waals surface area contributed by atoms with Crippen molar-refractivity contribution in [2.75, 3.05) is 6.54 Å². The predicted octanol–water partition coefficient (Wildman–Crippen LogP) is 3.31. The highest BCUT2D eigenvalue weighted by Crippen LogP contribution is 2.65. The molecule has 1 saturated heterocycles. The van der Waals surface area contributed by atoms with E-state index in [4.69, 9.17) is 0 Å². The molecule has 2 heterocycles. The highest BCUT2D eigenvalue weighted by atomic mass is 19.1. The van der Waals surface area contributed by atoms with Gasteiger partial charge in [0.25, 0.3) is 5.91 Å². The Labute approximate surface area is 195 Å². The molecule has 0 spiro atoms. The Morgan fingerprint density at radius 1 is 1.32 bits per heavy atom. The smallest absolute Gasteiger partial charge is 0.271 e. The third kappa shape index (κ3) is 3.56. The molecule has 2 N–H and O–H groups in total. The van der Waals surface area contributed by atoms with Gasteiger partial charge in [0.1, 0.15) is 35.2 Å². The number of hydrogen-bond donors (Lipinski definition) is 2. The van der Waals surface area contributed by atoms with Crippen LogP contribution in [0.1, 0.15) is 50.0 Å². The first-order chi connectivity index (χ1) is 16.1. The van der Waals surface area contributed by atoms with Crippen molar-refractivity contribution in [3.63, 3.8) is 0 Å². The number of benzene rings is 1. The molecule has 0 bridgehead atoms. The maximum absolute atomic E-state index is 14.1. The second kappa shape index (κ2) is 7.90. The van der Waals surface area contributed by atoms with Gasteiger partial charge in [-0.1, -0.05) is 13.8 Å². The normalized spacial score (nSPS) is 28.0. The molecule has 1 aromatic heterocycles. The minimum Gasteiger partial charge on any atom is -0.348 e. The van der Waals surface area contributed by atoms with E-state index in [1.165, 1.54) is 11.0 Å². The number of aromatic nitrogens is 1. The summed E-state index contributed by atoms with van der Waals surface area (Å²) < 4.78 is 27.7. The summed E-state index contributed by atoms with van der Waals surface area (Å²) in [4.78, 5) is 42.9. The first kappa shape index (κ1) is 22.5. The second-order valence-electron chi connectivity index (χ2n) is 10.4. The second-order valence-corrected chi connectivity index (χ2v) is 10.4. The van der Waals surface area contributed by atoms with E-state index in [9.17, 15) is 28.4 Å². The molecule has 3 fully saturated rings. The monoisotopic (exact) mass is 468 g/mol. The molecule has 178 valence electrons. The molecule has 3 aliphatic rings. The molecule has 5 rings (SSSR count). The summed E-state index contributed by atoms with van der Waals surface area (Å²) in [5, 5.41) is 12.6. The molecule has 2 aliphatic carbocycles. The van der Waals surface area contributed by atoms with Gasteiger partial charge in [0.15, 0.2) is 0 Å². The van der Waals surface area contributed by atoms with Gasteiger partial charge >= 0.3 is 0 Å². The Bertz CT molecular complexity index is 1250. The summed E-state index contributed by atoms with van der Waals surface area (Å²) in [6.45, 7) is 4.45. The Hall–Kier alpha value is -3.28. The van der Waals surface area contributed by atoms with E-state index in [0.29, 0.717) is 13.0 Å². The quantitative estimate of drug-likeness (QED) is 0.702. The van der Waals surface area contributed by atoms with Crippen molar-refractivity contribution in [3.8, 4) is 6.07 Å². The topological polar surface area (TPSA) is 106 Å². The van der Waals surface area contributed by atoms with Crippen LogP contribution in [0.25, 0.3) is 10.9 Å². The third-order valence-corrected chi connectivity index (χ3v) is 8.04. The fourth-order valence-electron chi connectivity index (χ4n) is 6.05. The van der Waals surface area contributed by atoms with E-state index in [-0.39, 0.29) is 52.0 Å². The minimum absolute atomic E-state index is 0.0289. The number of aromatic amines is 1. The number of carbonyl (C=O) groups is 3. The number of fused-ring (bicyclic) bond motifs is 2. The Morgan fingerprint density at radius 2 is 2.09 bits per heavy atom. The van der Waals surface area contributed by atoms with Crippen LogP contribution in [-0.4, -0.2) is 46.1 Å². The standard InChI is InChI=1S/C25H26F2N4O3/c1-25(2)16-11-31(24(34)18-8-13-6-14(26)9-17(27)21(13)30-18)22(20(16)25)23(33)29-15(10-28)7-12-4-3-5-19(12)32/h6,8-9,12,15-16,20,22,30H,3-5,7,11H2,1-2H3,(H,29,33)/t12?,15-,16-,20-,22-/m0/s1. The zero-order valence-corrected chi connectivity index (χ0v) is 19.0. The maximum atomic E-state index is 14.1. The number of Topliss-reactive ketones (excluding diaryl/α,β-unsaturated/α-hetero) is 1. The number of likely N-dealkylation sites (tertiary alicyclic amines) is 1. The van der Waals surface area contributed by atoms with Crippen molar-refractivity contribution in [1.29, 1.82) is 5.26 Å². The first-order valence-electron chi connectivity index (χ1n) is 11.6. The van der Waals surface area contributed by atoms with Crippen LogP contribution >= 0.6 is 0 Å². The molecule has 0 radical (unpaired) electrons. The summed E-state index contributed by atoms with van der Waals surface area (Å²) in [6, 6.07) is 3.76. The number of halogens is 2. The molecule has 2 amide bonds. The van der Waals surface area contributed by atoms with Crippen LogP contribution in [0.4, 0.5) is 8.78 Å². The molecular weight excluding hydrogens is 442 g/mol. The van der Waals surface area contributed by atoms with Gasteiger partial charge in [-0.3, -0.25) is 14.4 Å². The van der Waals surface area contributed by atoms with Crippen LogP contribution in [0.15, 0.2) is 18.2 Å². The lowest BCUT2D eigenvalue weighted by Crippen LogP contribution is -2.52. The summed E-state index contributed by atoms with van der Waals surface area (Å²) in [5.74, 6) is -2.48. The minimum atomic E-state index is -0.817. The SMILES string of the molecule is CC1(C)[C@@H]2[C@@H](C(=O)N[C@H](C#N)CC3CCCC3=O)N(C(=O)c3cc4cc(F)cc(F)c4[nH]3)C[C@@H]21. The number of nitrogens with one attached hydrogen (secondary N) is 2. The van der Waals surface area contributed by atoms with E-state index in [2.05, 4.69) is 16.4 Å². The summed E-state index contributed by atoms with van der Waals surface area (Å²) in [5.41, 5.74) is -0.0242. The molecule has 9 heteroatoms. The van der Waals surface area contributed by atoms with Crippen LogP contribution in [0.2, 0.25) is 0 Å². The van der Waals surface area contributed by atoms with Crippen molar-refractivity contribution < 1.29 is 23.2 Å². The Balaban J connectivity index is 1.38. The number of piperidine rings is 1. The Kier molecular flexibility index (Phi) is 5.23. The van der Waals surface area contributed by atoms with Gasteiger partial charge < -0.3 is 15.2 Å². The van der Waals surface area contributed by atoms with E-state index in [1.54, 1.807) is 0 Å². The average Bonchev–Trinajstić information content (AvgIpc) is 3.28. The van der Waals surface area contributed by atoms with Crippen molar-refractivity contribution in [3.05, 3.63) is 35.5 Å². The van der Waals surface area contributed by atoms with Crippen LogP contribution < -0.4 is 5.32 Å². The number of hydrogen-bond acceptors (Lipinski definition) is 4. The van der Waals surface area contributed by atoms with Crippen LogP contribution in [0, 0.1) is 46.1 Å². The van der Waals surface area contributed by atoms with Gasteiger partial charge in [-0.15, -0.1) is 0 Å². The van der Waals surface area contributed by atoms with Crippen LogP contribution in [0.5, 0.6) is 0 Å². The number of H-pyrrole nitrogens is 1. The van der Waals surface area contributed by atoms with Gasteiger partial charge in [0, 0.05) is 30.3 Å².